The maximum atomic E-state index is 11.6. The quantitative estimate of drug-likeness (QED) is 0.885. The fraction of sp³-hybridized carbons (Fsp3) is 0.278. The summed E-state index contributed by atoms with van der Waals surface area (Å²) < 4.78 is 10.5. The molecule has 0 saturated heterocycles. The smallest absolute Gasteiger partial charge is 0.337 e. The maximum absolute atomic E-state index is 11.6. The van der Waals surface area contributed by atoms with Crippen LogP contribution in [0, 0.1) is 0 Å². The highest BCUT2D eigenvalue weighted by Gasteiger charge is 2.19. The zero-order valence-corrected chi connectivity index (χ0v) is 12.4. The van der Waals surface area contributed by atoms with E-state index in [0.29, 0.717) is 5.56 Å². The number of aryl methyl sites for hydroxylation is 1. The number of esters is 1. The first-order valence-electron chi connectivity index (χ1n) is 7.30. The Bertz CT molecular complexity index is 693. The maximum Gasteiger partial charge on any atom is 0.337 e. The monoisotopic (exact) mass is 298 g/mol. The van der Waals surface area contributed by atoms with Crippen LogP contribution in [0.5, 0.6) is 5.75 Å². The normalized spacial score (nSPS) is 16.5. The number of ether oxygens (including phenoxy) is 2. The van der Waals surface area contributed by atoms with Crippen molar-refractivity contribution in [3.05, 3.63) is 53.6 Å². The molecule has 2 aromatic carbocycles. The summed E-state index contributed by atoms with van der Waals surface area (Å²) in [7, 11) is 1.38. The summed E-state index contributed by atoms with van der Waals surface area (Å²) in [5.41, 5.74) is 3.67. The number of benzene rings is 2. The molecule has 0 spiro atoms. The van der Waals surface area contributed by atoms with Gasteiger partial charge in [-0.05, 0) is 53.8 Å². The van der Waals surface area contributed by atoms with Crippen molar-refractivity contribution in [2.24, 2.45) is 0 Å². The van der Waals surface area contributed by atoms with Gasteiger partial charge in [0.05, 0.1) is 19.3 Å². The second kappa shape index (κ2) is 6.20. The molecule has 3 rings (SSSR count). The summed E-state index contributed by atoms with van der Waals surface area (Å²) >= 11 is 0. The van der Waals surface area contributed by atoms with Crippen LogP contribution in [0.25, 0.3) is 11.1 Å². The third kappa shape index (κ3) is 2.83. The molecule has 1 aliphatic rings. The minimum atomic E-state index is -0.339. The highest BCUT2D eigenvalue weighted by molar-refractivity contribution is 5.91. The Hall–Kier alpha value is -2.33. The molecule has 1 unspecified atom stereocenters. The van der Waals surface area contributed by atoms with Crippen molar-refractivity contribution in [3.63, 3.8) is 0 Å². The molecule has 4 heteroatoms. The van der Waals surface area contributed by atoms with Crippen LogP contribution in [0.3, 0.4) is 0 Å². The molecule has 4 nitrogen and oxygen atoms in total. The Balaban J connectivity index is 1.92. The summed E-state index contributed by atoms with van der Waals surface area (Å²) in [4.78, 5) is 11.6. The fourth-order valence-corrected chi connectivity index (χ4v) is 2.70. The Kier molecular flexibility index (Phi) is 4.11. The third-order valence-corrected chi connectivity index (χ3v) is 3.91. The first-order valence-corrected chi connectivity index (χ1v) is 7.30. The largest absolute Gasteiger partial charge is 0.488 e. The fourth-order valence-electron chi connectivity index (χ4n) is 2.70. The van der Waals surface area contributed by atoms with Gasteiger partial charge in [-0.25, -0.2) is 4.79 Å². The first-order chi connectivity index (χ1) is 10.7. The van der Waals surface area contributed by atoms with E-state index in [-0.39, 0.29) is 18.7 Å². The highest BCUT2D eigenvalue weighted by atomic mass is 16.5. The third-order valence-electron chi connectivity index (χ3n) is 3.91. The number of aliphatic hydroxyl groups excluding tert-OH is 1. The van der Waals surface area contributed by atoms with Crippen LogP contribution < -0.4 is 4.74 Å². The summed E-state index contributed by atoms with van der Waals surface area (Å²) in [6.45, 7) is 0.0440. The van der Waals surface area contributed by atoms with E-state index in [1.54, 1.807) is 6.07 Å². The van der Waals surface area contributed by atoms with Crippen LogP contribution in [0.1, 0.15) is 22.3 Å². The van der Waals surface area contributed by atoms with Gasteiger partial charge in [-0.3, -0.25) is 0 Å². The van der Waals surface area contributed by atoms with E-state index < -0.39 is 0 Å². The van der Waals surface area contributed by atoms with Gasteiger partial charge >= 0.3 is 5.97 Å². The molecule has 0 bridgehead atoms. The topological polar surface area (TPSA) is 55.8 Å². The lowest BCUT2D eigenvalue weighted by Crippen LogP contribution is -2.26. The van der Waals surface area contributed by atoms with Crippen LogP contribution >= 0.6 is 0 Å². The van der Waals surface area contributed by atoms with Gasteiger partial charge in [0, 0.05) is 0 Å². The molecule has 22 heavy (non-hydrogen) atoms. The Morgan fingerprint density at radius 2 is 2.09 bits per heavy atom. The van der Waals surface area contributed by atoms with E-state index >= 15 is 0 Å². The number of rotatable bonds is 3. The lowest BCUT2D eigenvalue weighted by molar-refractivity contribution is 0.0601. The highest BCUT2D eigenvalue weighted by Crippen LogP contribution is 2.32. The first kappa shape index (κ1) is 14.6. The number of aliphatic hydroxyl groups is 1. The number of methoxy groups -OCH3 is 1. The minimum Gasteiger partial charge on any atom is -0.488 e. The molecule has 0 aromatic heterocycles. The molecule has 2 aromatic rings. The Labute approximate surface area is 129 Å². The second-order valence-electron chi connectivity index (χ2n) is 5.36. The van der Waals surface area contributed by atoms with E-state index in [2.05, 4.69) is 6.07 Å². The van der Waals surface area contributed by atoms with E-state index in [1.807, 2.05) is 30.3 Å². The number of carbonyl (C=O) groups is 1. The molecule has 0 amide bonds. The Morgan fingerprint density at radius 1 is 1.27 bits per heavy atom. The van der Waals surface area contributed by atoms with E-state index in [0.717, 1.165) is 35.3 Å². The molecule has 1 aliphatic heterocycles. The van der Waals surface area contributed by atoms with Crippen molar-refractivity contribution in [2.75, 3.05) is 13.7 Å². The van der Waals surface area contributed by atoms with Gasteiger partial charge < -0.3 is 14.6 Å². The van der Waals surface area contributed by atoms with E-state index in [4.69, 9.17) is 9.47 Å². The van der Waals surface area contributed by atoms with Crippen LogP contribution in [-0.2, 0) is 11.2 Å². The molecule has 0 aliphatic carbocycles. The molecule has 1 N–H and O–H groups in total. The molecular formula is C18H18O4. The molecule has 1 heterocycles. The predicted molar refractivity (Wildman–Crippen MR) is 83.0 cm³/mol. The van der Waals surface area contributed by atoms with Crippen molar-refractivity contribution in [3.8, 4) is 16.9 Å². The van der Waals surface area contributed by atoms with Gasteiger partial charge in [0.1, 0.15) is 11.9 Å². The number of hydrogen-bond acceptors (Lipinski definition) is 4. The zero-order chi connectivity index (χ0) is 15.5. The average Bonchev–Trinajstić information content (AvgIpc) is 2.60. The van der Waals surface area contributed by atoms with Crippen LogP contribution in [-0.4, -0.2) is 30.9 Å². The van der Waals surface area contributed by atoms with Crippen molar-refractivity contribution in [2.45, 2.75) is 18.9 Å². The molecular weight excluding hydrogens is 280 g/mol. The number of carbonyl (C=O) groups excluding carboxylic acids is 1. The van der Waals surface area contributed by atoms with Crippen molar-refractivity contribution < 1.29 is 19.4 Å². The molecule has 0 radical (unpaired) electrons. The number of hydrogen-bond donors (Lipinski definition) is 1. The van der Waals surface area contributed by atoms with Crippen molar-refractivity contribution in [1.82, 2.24) is 0 Å². The zero-order valence-electron chi connectivity index (χ0n) is 12.4. The van der Waals surface area contributed by atoms with Crippen molar-refractivity contribution in [1.29, 1.82) is 0 Å². The molecule has 114 valence electrons. The molecule has 0 fully saturated rings. The second-order valence-corrected chi connectivity index (χ2v) is 5.36. The summed E-state index contributed by atoms with van der Waals surface area (Å²) in [5.74, 6) is 0.493. The minimum absolute atomic E-state index is 0.0440. The van der Waals surface area contributed by atoms with Crippen molar-refractivity contribution >= 4 is 5.97 Å². The van der Waals surface area contributed by atoms with Crippen LogP contribution in [0.15, 0.2) is 42.5 Å². The Morgan fingerprint density at radius 3 is 2.86 bits per heavy atom. The summed E-state index contributed by atoms with van der Waals surface area (Å²) in [6.07, 6.45) is 1.58. The lowest BCUT2D eigenvalue weighted by atomic mass is 9.96. The van der Waals surface area contributed by atoms with Crippen LogP contribution in [0.4, 0.5) is 0 Å². The van der Waals surface area contributed by atoms with Gasteiger partial charge in [0.25, 0.3) is 0 Å². The van der Waals surface area contributed by atoms with Gasteiger partial charge in [-0.2, -0.15) is 0 Å². The number of fused-ring (bicyclic) bond motifs is 1. The summed E-state index contributed by atoms with van der Waals surface area (Å²) in [5, 5.41) is 9.19. The van der Waals surface area contributed by atoms with E-state index in [1.165, 1.54) is 7.11 Å². The van der Waals surface area contributed by atoms with Gasteiger partial charge in [0.15, 0.2) is 0 Å². The molecule has 0 saturated carbocycles. The SMILES string of the molecule is COC(=O)c1cccc(-c2ccc3c(c2)CCC(CO)O3)c1. The molecule has 1 atom stereocenters. The summed E-state index contributed by atoms with van der Waals surface area (Å²) in [6, 6.07) is 13.4. The average molecular weight is 298 g/mol. The van der Waals surface area contributed by atoms with Gasteiger partial charge in [-0.15, -0.1) is 0 Å². The van der Waals surface area contributed by atoms with Gasteiger partial charge in [0.2, 0.25) is 0 Å². The lowest BCUT2D eigenvalue weighted by Gasteiger charge is -2.25. The predicted octanol–water partition coefficient (Wildman–Crippen LogP) is 2.83. The standard InChI is InChI=1S/C18H18O4/c1-21-18(20)15-4-2-3-12(10-15)13-6-8-17-14(9-13)5-7-16(11-19)22-17/h2-4,6,8-10,16,19H,5,7,11H2,1H3. The van der Waals surface area contributed by atoms with Crippen LogP contribution in [0.2, 0.25) is 0 Å². The van der Waals surface area contributed by atoms with E-state index in [9.17, 15) is 9.90 Å². The van der Waals surface area contributed by atoms with Gasteiger partial charge in [-0.1, -0.05) is 18.2 Å².